The summed E-state index contributed by atoms with van der Waals surface area (Å²) in [5, 5.41) is 7.45. The molecular formula is C18H24N4O3S. The molecule has 0 bridgehead atoms. The summed E-state index contributed by atoms with van der Waals surface area (Å²) in [5.74, 6) is -0.428. The van der Waals surface area contributed by atoms with Crippen molar-refractivity contribution in [1.29, 1.82) is 0 Å². The Kier molecular flexibility index (Phi) is 4.48. The predicted octanol–water partition coefficient (Wildman–Crippen LogP) is 1.11. The van der Waals surface area contributed by atoms with Crippen molar-refractivity contribution in [3.05, 3.63) is 22.4 Å². The molecule has 140 valence electrons. The number of imide groups is 1. The fourth-order valence-corrected chi connectivity index (χ4v) is 4.89. The van der Waals surface area contributed by atoms with E-state index in [-0.39, 0.29) is 42.4 Å². The Balaban J connectivity index is 1.50. The van der Waals surface area contributed by atoms with Crippen LogP contribution >= 0.6 is 11.3 Å². The Hall–Kier alpha value is -1.93. The van der Waals surface area contributed by atoms with E-state index in [1.807, 2.05) is 16.3 Å². The lowest BCUT2D eigenvalue weighted by Gasteiger charge is -2.30. The minimum Gasteiger partial charge on any atom is -0.333 e. The minimum absolute atomic E-state index is 0.0513. The van der Waals surface area contributed by atoms with Crippen LogP contribution in [0.4, 0.5) is 4.79 Å². The summed E-state index contributed by atoms with van der Waals surface area (Å²) in [6, 6.07) is 1.86. The van der Waals surface area contributed by atoms with Crippen LogP contribution in [0.1, 0.15) is 24.8 Å². The second-order valence-corrected chi connectivity index (χ2v) is 8.38. The number of thiophene rings is 1. The summed E-state index contributed by atoms with van der Waals surface area (Å²) in [6.45, 7) is 2.43. The van der Waals surface area contributed by atoms with Crippen molar-refractivity contribution in [2.75, 3.05) is 33.2 Å². The molecule has 4 amide bonds. The highest BCUT2D eigenvalue weighted by atomic mass is 32.1. The molecule has 1 aromatic heterocycles. The van der Waals surface area contributed by atoms with Crippen LogP contribution in [0.5, 0.6) is 0 Å². The fourth-order valence-electron chi connectivity index (χ4n) is 4.23. The van der Waals surface area contributed by atoms with Crippen molar-refractivity contribution in [2.24, 2.45) is 5.41 Å². The van der Waals surface area contributed by atoms with Crippen molar-refractivity contribution in [3.8, 4) is 0 Å². The lowest BCUT2D eigenvalue weighted by Crippen LogP contribution is -2.45. The van der Waals surface area contributed by atoms with Gasteiger partial charge < -0.3 is 15.1 Å². The van der Waals surface area contributed by atoms with Crippen LogP contribution < -0.4 is 5.32 Å². The van der Waals surface area contributed by atoms with Gasteiger partial charge in [-0.05, 0) is 60.2 Å². The van der Waals surface area contributed by atoms with E-state index in [2.05, 4.69) is 10.7 Å². The summed E-state index contributed by atoms with van der Waals surface area (Å²) in [7, 11) is 1.58. The standard InChI is InChI=1S/C18H24N4O3S/c1-20-10-15(23)22(17(20)25)11-16(24)21(9-13-2-7-26-12-13)14-8-18(14)3-5-19-6-4-18/h2,7,12,14,19H,3-6,8-11H2,1H3. The monoisotopic (exact) mass is 376 g/mol. The van der Waals surface area contributed by atoms with E-state index >= 15 is 0 Å². The number of hydrogen-bond acceptors (Lipinski definition) is 5. The van der Waals surface area contributed by atoms with E-state index in [1.54, 1.807) is 18.4 Å². The van der Waals surface area contributed by atoms with Gasteiger partial charge in [0.25, 0.3) is 5.91 Å². The number of hydrogen-bond donors (Lipinski definition) is 1. The smallest absolute Gasteiger partial charge is 0.327 e. The Bertz CT molecular complexity index is 714. The molecule has 1 unspecified atom stereocenters. The van der Waals surface area contributed by atoms with Crippen molar-refractivity contribution in [1.82, 2.24) is 20.0 Å². The Labute approximate surface area is 156 Å². The molecule has 8 heteroatoms. The molecule has 4 rings (SSSR count). The summed E-state index contributed by atoms with van der Waals surface area (Å²) < 4.78 is 0. The molecule has 1 atom stereocenters. The molecule has 2 aliphatic heterocycles. The summed E-state index contributed by atoms with van der Waals surface area (Å²) in [5.41, 5.74) is 1.32. The largest absolute Gasteiger partial charge is 0.333 e. The molecule has 0 radical (unpaired) electrons. The van der Waals surface area contributed by atoms with E-state index in [4.69, 9.17) is 0 Å². The third-order valence-electron chi connectivity index (χ3n) is 5.90. The summed E-state index contributed by atoms with van der Waals surface area (Å²) in [6.07, 6.45) is 3.18. The second-order valence-electron chi connectivity index (χ2n) is 7.60. The molecule has 3 heterocycles. The number of carbonyl (C=O) groups is 3. The number of nitrogens with zero attached hydrogens (tertiary/aromatic N) is 3. The molecule has 26 heavy (non-hydrogen) atoms. The number of urea groups is 1. The first kappa shape index (κ1) is 17.5. The van der Waals surface area contributed by atoms with Gasteiger partial charge in [-0.15, -0.1) is 0 Å². The average molecular weight is 376 g/mol. The van der Waals surface area contributed by atoms with Crippen LogP contribution in [0, 0.1) is 5.41 Å². The van der Waals surface area contributed by atoms with Crippen LogP contribution in [-0.2, 0) is 16.1 Å². The lowest BCUT2D eigenvalue weighted by molar-refractivity contribution is -0.138. The topological polar surface area (TPSA) is 73.0 Å². The van der Waals surface area contributed by atoms with Crippen LogP contribution in [0.25, 0.3) is 0 Å². The maximum atomic E-state index is 13.1. The van der Waals surface area contributed by atoms with Gasteiger partial charge in [0.1, 0.15) is 13.1 Å². The molecule has 0 aromatic carbocycles. The molecule has 3 fully saturated rings. The molecule has 3 aliphatic rings. The molecule has 1 aromatic rings. The van der Waals surface area contributed by atoms with E-state index in [0.29, 0.717) is 6.54 Å². The molecule has 2 saturated heterocycles. The summed E-state index contributed by atoms with van der Waals surface area (Å²) >= 11 is 1.61. The molecular weight excluding hydrogens is 352 g/mol. The Morgan fingerprint density at radius 1 is 1.38 bits per heavy atom. The lowest BCUT2D eigenvalue weighted by atomic mass is 9.93. The molecule has 1 N–H and O–H groups in total. The first-order valence-corrected chi connectivity index (χ1v) is 10.0. The van der Waals surface area contributed by atoms with Crippen molar-refractivity contribution in [2.45, 2.75) is 31.8 Å². The predicted molar refractivity (Wildman–Crippen MR) is 97.5 cm³/mol. The van der Waals surface area contributed by atoms with Gasteiger partial charge in [-0.2, -0.15) is 11.3 Å². The van der Waals surface area contributed by atoms with Gasteiger partial charge in [0, 0.05) is 19.6 Å². The highest BCUT2D eigenvalue weighted by Gasteiger charge is 2.58. The van der Waals surface area contributed by atoms with E-state index < -0.39 is 0 Å². The van der Waals surface area contributed by atoms with E-state index in [1.165, 1.54) is 4.90 Å². The third-order valence-corrected chi connectivity index (χ3v) is 6.63. The van der Waals surface area contributed by atoms with Crippen LogP contribution in [-0.4, -0.2) is 71.8 Å². The molecule has 1 aliphatic carbocycles. The normalized spacial score (nSPS) is 24.4. The number of likely N-dealkylation sites (N-methyl/N-ethyl adjacent to an activating group) is 1. The van der Waals surface area contributed by atoms with Crippen LogP contribution in [0.2, 0.25) is 0 Å². The van der Waals surface area contributed by atoms with E-state index in [0.717, 1.165) is 42.8 Å². The van der Waals surface area contributed by atoms with Gasteiger partial charge in [0.15, 0.2) is 0 Å². The SMILES string of the molecule is CN1CC(=O)N(CC(=O)N(Cc2ccsc2)C2CC23CCNCC3)C1=O. The highest BCUT2D eigenvalue weighted by Crippen LogP contribution is 2.56. The second kappa shape index (κ2) is 6.66. The number of carbonyl (C=O) groups excluding carboxylic acids is 3. The van der Waals surface area contributed by atoms with Gasteiger partial charge in [-0.1, -0.05) is 0 Å². The average Bonchev–Trinajstić information content (AvgIpc) is 2.96. The van der Waals surface area contributed by atoms with Crippen molar-refractivity contribution in [3.63, 3.8) is 0 Å². The van der Waals surface area contributed by atoms with Gasteiger partial charge in [0.2, 0.25) is 5.91 Å². The number of amides is 4. The quantitative estimate of drug-likeness (QED) is 0.782. The summed E-state index contributed by atoms with van der Waals surface area (Å²) in [4.78, 5) is 41.6. The van der Waals surface area contributed by atoms with Gasteiger partial charge in [0.05, 0.1) is 0 Å². The van der Waals surface area contributed by atoms with Crippen LogP contribution in [0.3, 0.4) is 0 Å². The number of rotatable bonds is 5. The maximum absolute atomic E-state index is 13.1. The maximum Gasteiger partial charge on any atom is 0.327 e. The molecule has 1 spiro atoms. The molecule has 1 saturated carbocycles. The van der Waals surface area contributed by atoms with E-state index in [9.17, 15) is 14.4 Å². The first-order valence-electron chi connectivity index (χ1n) is 9.07. The van der Waals surface area contributed by atoms with Gasteiger partial charge >= 0.3 is 6.03 Å². The number of piperidine rings is 1. The zero-order chi connectivity index (χ0) is 18.3. The van der Waals surface area contributed by atoms with Gasteiger partial charge in [-0.25, -0.2) is 4.79 Å². The fraction of sp³-hybridized carbons (Fsp3) is 0.611. The Morgan fingerprint density at radius 3 is 2.77 bits per heavy atom. The zero-order valence-corrected chi connectivity index (χ0v) is 15.8. The van der Waals surface area contributed by atoms with Crippen LogP contribution in [0.15, 0.2) is 16.8 Å². The van der Waals surface area contributed by atoms with Crippen molar-refractivity contribution < 1.29 is 14.4 Å². The minimum atomic E-state index is -0.383. The third kappa shape index (κ3) is 3.12. The Morgan fingerprint density at radius 2 is 2.15 bits per heavy atom. The highest BCUT2D eigenvalue weighted by molar-refractivity contribution is 7.07. The molecule has 7 nitrogen and oxygen atoms in total. The first-order chi connectivity index (χ1) is 12.5. The zero-order valence-electron chi connectivity index (χ0n) is 14.9. The van der Waals surface area contributed by atoms with Gasteiger partial charge in [-0.3, -0.25) is 14.5 Å². The van der Waals surface area contributed by atoms with Crippen molar-refractivity contribution >= 4 is 29.2 Å². The number of nitrogens with one attached hydrogen (secondary N) is 1.